The molecule has 1 atom stereocenters. The highest BCUT2D eigenvalue weighted by Crippen LogP contribution is 2.60. The van der Waals surface area contributed by atoms with Gasteiger partial charge in [-0.15, -0.1) is 0 Å². The van der Waals surface area contributed by atoms with E-state index in [-0.39, 0.29) is 18.6 Å². The first-order valence-electron chi connectivity index (χ1n) is 9.47. The Morgan fingerprint density at radius 3 is 1.66 bits per heavy atom. The van der Waals surface area contributed by atoms with Crippen LogP contribution in [-0.4, -0.2) is 48.6 Å². The molecule has 16 heteroatoms. The molecule has 3 nitrogen and oxygen atoms in total. The average molecular weight is 540 g/mol. The second kappa shape index (κ2) is 9.91. The maximum absolute atomic E-state index is 13.7. The van der Waals surface area contributed by atoms with Crippen LogP contribution >= 0.6 is 0 Å². The van der Waals surface area contributed by atoms with Crippen molar-refractivity contribution in [1.82, 2.24) is 0 Å². The van der Waals surface area contributed by atoms with Crippen LogP contribution in [0.5, 0.6) is 5.75 Å². The fourth-order valence-electron chi connectivity index (χ4n) is 2.27. The van der Waals surface area contributed by atoms with Gasteiger partial charge in [-0.25, -0.2) is 0 Å². The molecule has 0 aliphatic carbocycles. The first kappa shape index (κ1) is 30.6. The summed E-state index contributed by atoms with van der Waals surface area (Å²) in [5.41, 5.74) is 0.214. The minimum Gasteiger partial charge on any atom is -0.465 e. The molecule has 202 valence electrons. The van der Waals surface area contributed by atoms with Crippen LogP contribution in [-0.2, 0) is 16.0 Å². The molecule has 0 N–H and O–H groups in total. The van der Waals surface area contributed by atoms with Crippen LogP contribution in [0.1, 0.15) is 25.8 Å². The summed E-state index contributed by atoms with van der Waals surface area (Å²) in [7, 11) is 0. The first-order chi connectivity index (χ1) is 15.6. The van der Waals surface area contributed by atoms with Crippen molar-refractivity contribution in [3.8, 4) is 5.75 Å². The van der Waals surface area contributed by atoms with E-state index in [1.165, 1.54) is 0 Å². The van der Waals surface area contributed by atoms with Crippen molar-refractivity contribution in [2.45, 2.75) is 62.7 Å². The number of rotatable bonds is 11. The van der Waals surface area contributed by atoms with Crippen molar-refractivity contribution in [2.24, 2.45) is 5.92 Å². The highest BCUT2D eigenvalue weighted by atomic mass is 19.4. The van der Waals surface area contributed by atoms with Crippen molar-refractivity contribution in [2.75, 3.05) is 6.61 Å². The molecular formula is C19H17F13O3. The minimum absolute atomic E-state index is 0.0359. The highest BCUT2D eigenvalue weighted by Gasteiger charge is 2.91. The van der Waals surface area contributed by atoms with Gasteiger partial charge in [0.2, 0.25) is 0 Å². The summed E-state index contributed by atoms with van der Waals surface area (Å²) < 4.78 is 178. The summed E-state index contributed by atoms with van der Waals surface area (Å²) >= 11 is 0. The van der Waals surface area contributed by atoms with E-state index in [1.807, 2.05) is 0 Å². The topological polar surface area (TPSA) is 35.5 Å². The molecule has 0 aromatic heterocycles. The van der Waals surface area contributed by atoms with Gasteiger partial charge in [-0.1, -0.05) is 26.0 Å². The molecule has 0 radical (unpaired) electrons. The van der Waals surface area contributed by atoms with Gasteiger partial charge in [-0.05, 0) is 24.1 Å². The number of ether oxygens (including phenoxy) is 2. The van der Waals surface area contributed by atoms with Gasteiger partial charge in [0.15, 0.2) is 0 Å². The maximum Gasteiger partial charge on any atom is 0.471 e. The standard InChI is InChI=1S/C19H17F13O3/c1-3-10(2)13(33)34-9-8-11-4-6-12(7-5-11)35-19(31,32)17(26,27)15(22,23)14(20,21)16(24,25)18(28,29)30/h4-7,10H,3,8-9H2,1-2H3. The molecule has 35 heavy (non-hydrogen) atoms. The molecule has 0 bridgehead atoms. The van der Waals surface area contributed by atoms with E-state index in [9.17, 15) is 61.9 Å². The third-order valence-electron chi connectivity index (χ3n) is 4.72. The lowest BCUT2D eigenvalue weighted by Gasteiger charge is -2.39. The summed E-state index contributed by atoms with van der Waals surface area (Å²) in [5, 5.41) is 0. The Bertz CT molecular complexity index is 864. The van der Waals surface area contributed by atoms with Crippen molar-refractivity contribution >= 4 is 5.97 Å². The van der Waals surface area contributed by atoms with E-state index < -0.39 is 53.6 Å². The molecule has 0 spiro atoms. The van der Waals surface area contributed by atoms with Crippen molar-refractivity contribution in [1.29, 1.82) is 0 Å². The number of hydrogen-bond donors (Lipinski definition) is 0. The molecule has 1 unspecified atom stereocenters. The maximum atomic E-state index is 13.7. The molecule has 0 aliphatic heterocycles. The van der Waals surface area contributed by atoms with Gasteiger partial charge in [-0.3, -0.25) is 4.79 Å². The number of benzene rings is 1. The number of hydrogen-bond acceptors (Lipinski definition) is 3. The molecule has 0 fully saturated rings. The summed E-state index contributed by atoms with van der Waals surface area (Å²) in [6, 6.07) is 2.73. The molecule has 0 saturated heterocycles. The second-order valence-corrected chi connectivity index (χ2v) is 7.28. The van der Waals surface area contributed by atoms with Crippen LogP contribution in [0.2, 0.25) is 0 Å². The second-order valence-electron chi connectivity index (χ2n) is 7.28. The van der Waals surface area contributed by atoms with Crippen LogP contribution < -0.4 is 4.74 Å². The first-order valence-corrected chi connectivity index (χ1v) is 9.47. The number of halogens is 13. The summed E-state index contributed by atoms with van der Waals surface area (Å²) in [5.74, 6) is -33.6. The SMILES string of the molecule is CCC(C)C(=O)OCCc1ccc(OC(F)(F)C(F)(F)C(F)(F)C(F)(F)C(F)(F)C(F)(F)F)cc1. The van der Waals surface area contributed by atoms with Crippen LogP contribution in [0.15, 0.2) is 24.3 Å². The molecule has 0 heterocycles. The highest BCUT2D eigenvalue weighted by molar-refractivity contribution is 5.71. The lowest BCUT2D eigenvalue weighted by molar-refractivity contribution is -0.456. The largest absolute Gasteiger partial charge is 0.471 e. The van der Waals surface area contributed by atoms with Gasteiger partial charge in [0, 0.05) is 6.42 Å². The Hall–Kier alpha value is -2.42. The lowest BCUT2D eigenvalue weighted by Crippen LogP contribution is -2.70. The summed E-state index contributed by atoms with van der Waals surface area (Å²) in [6.07, 6.45) is -13.7. The van der Waals surface area contributed by atoms with E-state index >= 15 is 0 Å². The van der Waals surface area contributed by atoms with Crippen LogP contribution in [0.4, 0.5) is 57.1 Å². The van der Waals surface area contributed by atoms with Gasteiger partial charge < -0.3 is 9.47 Å². The Balaban J connectivity index is 3.05. The van der Waals surface area contributed by atoms with E-state index in [0.29, 0.717) is 18.6 Å². The predicted octanol–water partition coefficient (Wildman–Crippen LogP) is 6.89. The smallest absolute Gasteiger partial charge is 0.465 e. The molecule has 0 aliphatic rings. The zero-order valence-corrected chi connectivity index (χ0v) is 17.6. The average Bonchev–Trinajstić information content (AvgIpc) is 2.72. The number of esters is 1. The van der Waals surface area contributed by atoms with Crippen LogP contribution in [0, 0.1) is 5.92 Å². The van der Waals surface area contributed by atoms with Gasteiger partial charge >= 0.3 is 41.9 Å². The Morgan fingerprint density at radius 1 is 0.771 bits per heavy atom. The fourth-order valence-corrected chi connectivity index (χ4v) is 2.27. The van der Waals surface area contributed by atoms with Gasteiger partial charge in [0.05, 0.1) is 12.5 Å². The van der Waals surface area contributed by atoms with Gasteiger partial charge in [0.25, 0.3) is 0 Å². The zero-order valence-electron chi connectivity index (χ0n) is 17.6. The number of carbonyl (C=O) groups is 1. The Morgan fingerprint density at radius 2 is 1.23 bits per heavy atom. The summed E-state index contributed by atoms with van der Waals surface area (Å²) in [6.45, 7) is 3.09. The molecule has 0 amide bonds. The molecule has 0 saturated carbocycles. The van der Waals surface area contributed by atoms with E-state index in [4.69, 9.17) is 4.74 Å². The summed E-state index contributed by atoms with van der Waals surface area (Å²) in [4.78, 5) is 11.5. The van der Waals surface area contributed by atoms with Crippen LogP contribution in [0.25, 0.3) is 0 Å². The molecule has 1 aromatic carbocycles. The van der Waals surface area contributed by atoms with Crippen molar-refractivity contribution in [3.63, 3.8) is 0 Å². The Labute approximate surface area is 189 Å². The van der Waals surface area contributed by atoms with Crippen molar-refractivity contribution < 1.29 is 71.3 Å². The number of alkyl halides is 13. The van der Waals surface area contributed by atoms with Crippen LogP contribution in [0.3, 0.4) is 0 Å². The normalized spacial score (nSPS) is 15.1. The molecule has 1 aromatic rings. The quantitative estimate of drug-likeness (QED) is 0.227. The van der Waals surface area contributed by atoms with Gasteiger partial charge in [-0.2, -0.15) is 57.1 Å². The monoisotopic (exact) mass is 540 g/mol. The third kappa shape index (κ3) is 5.71. The third-order valence-corrected chi connectivity index (χ3v) is 4.72. The molecular weight excluding hydrogens is 523 g/mol. The number of carbonyl (C=O) groups excluding carboxylic acids is 1. The van der Waals surface area contributed by atoms with E-state index in [1.54, 1.807) is 13.8 Å². The minimum atomic E-state index is -7.99. The fraction of sp³-hybridized carbons (Fsp3) is 0.632. The lowest BCUT2D eigenvalue weighted by atomic mass is 9.97. The zero-order chi connectivity index (χ0) is 27.7. The molecule has 1 rings (SSSR count). The Kier molecular flexibility index (Phi) is 8.67. The van der Waals surface area contributed by atoms with E-state index in [2.05, 4.69) is 4.74 Å². The van der Waals surface area contributed by atoms with Crippen molar-refractivity contribution in [3.05, 3.63) is 29.8 Å². The van der Waals surface area contributed by atoms with Gasteiger partial charge in [0.1, 0.15) is 5.75 Å². The predicted molar refractivity (Wildman–Crippen MR) is 92.0 cm³/mol. The van der Waals surface area contributed by atoms with E-state index in [0.717, 1.165) is 12.1 Å².